The lowest BCUT2D eigenvalue weighted by atomic mass is 9.93. The summed E-state index contributed by atoms with van der Waals surface area (Å²) < 4.78 is 5.18. The van der Waals surface area contributed by atoms with Gasteiger partial charge < -0.3 is 4.74 Å². The molecule has 1 nitrogen and oxygen atoms in total. The van der Waals surface area contributed by atoms with Gasteiger partial charge in [0.2, 0.25) is 0 Å². The van der Waals surface area contributed by atoms with E-state index >= 15 is 0 Å². The van der Waals surface area contributed by atoms with Gasteiger partial charge in [-0.2, -0.15) is 0 Å². The normalized spacial score (nSPS) is 12.8. The molecule has 2 aromatic rings. The highest BCUT2D eigenvalue weighted by Crippen LogP contribution is 2.24. The largest absolute Gasteiger partial charge is 0.497 e. The fraction of sp³-hybridized carbons (Fsp3) is 0.333. The standard InChI is InChI=1S/C21H26O/c1-16(2)19-9-6-10-20(15-19)17(3)7-5-8-18-11-13-21(22-4)14-12-18/h5-6,8-17H,7H2,1-4H3/b8-5+. The molecule has 0 aromatic heterocycles. The molecule has 0 N–H and O–H groups in total. The highest BCUT2D eigenvalue weighted by molar-refractivity contribution is 5.50. The van der Waals surface area contributed by atoms with Crippen molar-refractivity contribution in [2.75, 3.05) is 7.11 Å². The predicted molar refractivity (Wildman–Crippen MR) is 95.6 cm³/mol. The van der Waals surface area contributed by atoms with Gasteiger partial charge in [-0.25, -0.2) is 0 Å². The Kier molecular flexibility index (Phi) is 5.83. The first-order valence-electron chi connectivity index (χ1n) is 8.00. The molecule has 0 saturated carbocycles. The number of allylic oxidation sites excluding steroid dienone is 1. The molecule has 0 radical (unpaired) electrons. The Balaban J connectivity index is 1.98. The van der Waals surface area contributed by atoms with Crippen LogP contribution >= 0.6 is 0 Å². The number of benzene rings is 2. The van der Waals surface area contributed by atoms with Crippen molar-refractivity contribution >= 4 is 6.08 Å². The van der Waals surface area contributed by atoms with Crippen LogP contribution in [0.2, 0.25) is 0 Å². The van der Waals surface area contributed by atoms with Crippen LogP contribution in [0, 0.1) is 0 Å². The molecule has 0 bridgehead atoms. The highest BCUT2D eigenvalue weighted by atomic mass is 16.5. The van der Waals surface area contributed by atoms with Crippen LogP contribution in [-0.2, 0) is 0 Å². The predicted octanol–water partition coefficient (Wildman–Crippen LogP) is 6.03. The number of hydrogen-bond acceptors (Lipinski definition) is 1. The molecule has 0 amide bonds. The molecule has 1 heteroatoms. The molecule has 0 saturated heterocycles. The molecule has 0 aliphatic carbocycles. The molecular weight excluding hydrogens is 268 g/mol. The first kappa shape index (κ1) is 16.4. The van der Waals surface area contributed by atoms with E-state index in [1.807, 2.05) is 12.1 Å². The monoisotopic (exact) mass is 294 g/mol. The lowest BCUT2D eigenvalue weighted by molar-refractivity contribution is 0.415. The molecule has 1 atom stereocenters. The number of methoxy groups -OCH3 is 1. The van der Waals surface area contributed by atoms with Gasteiger partial charge >= 0.3 is 0 Å². The lowest BCUT2D eigenvalue weighted by Gasteiger charge is -2.13. The van der Waals surface area contributed by atoms with Crippen molar-refractivity contribution in [3.63, 3.8) is 0 Å². The van der Waals surface area contributed by atoms with Gasteiger partial charge in [0.25, 0.3) is 0 Å². The zero-order valence-electron chi connectivity index (χ0n) is 14.0. The summed E-state index contributed by atoms with van der Waals surface area (Å²) in [6, 6.07) is 17.1. The van der Waals surface area contributed by atoms with Crippen LogP contribution in [-0.4, -0.2) is 7.11 Å². The maximum absolute atomic E-state index is 5.18. The fourth-order valence-electron chi connectivity index (χ4n) is 2.48. The summed E-state index contributed by atoms with van der Waals surface area (Å²) in [5, 5.41) is 0. The SMILES string of the molecule is COc1ccc(/C=C/CC(C)c2cccc(C(C)C)c2)cc1. The topological polar surface area (TPSA) is 9.23 Å². The summed E-state index contributed by atoms with van der Waals surface area (Å²) in [6.07, 6.45) is 5.49. The van der Waals surface area contributed by atoms with E-state index in [2.05, 4.69) is 69.3 Å². The second kappa shape index (κ2) is 7.84. The summed E-state index contributed by atoms with van der Waals surface area (Å²) in [7, 11) is 1.69. The van der Waals surface area contributed by atoms with E-state index in [0.29, 0.717) is 11.8 Å². The maximum atomic E-state index is 5.18. The Morgan fingerprint density at radius 3 is 2.27 bits per heavy atom. The molecule has 0 heterocycles. The van der Waals surface area contributed by atoms with Gasteiger partial charge in [-0.15, -0.1) is 0 Å². The second-order valence-corrected chi connectivity index (χ2v) is 6.14. The van der Waals surface area contributed by atoms with E-state index < -0.39 is 0 Å². The minimum absolute atomic E-state index is 0.535. The Labute approximate surface area is 134 Å². The quantitative estimate of drug-likeness (QED) is 0.632. The van der Waals surface area contributed by atoms with E-state index in [9.17, 15) is 0 Å². The van der Waals surface area contributed by atoms with E-state index in [-0.39, 0.29) is 0 Å². The van der Waals surface area contributed by atoms with Crippen molar-refractivity contribution in [3.05, 3.63) is 71.3 Å². The van der Waals surface area contributed by atoms with Gasteiger partial charge in [-0.1, -0.05) is 69.3 Å². The smallest absolute Gasteiger partial charge is 0.118 e. The first-order valence-corrected chi connectivity index (χ1v) is 8.00. The van der Waals surface area contributed by atoms with Gasteiger partial charge in [-0.3, -0.25) is 0 Å². The van der Waals surface area contributed by atoms with Crippen LogP contribution in [0.5, 0.6) is 5.75 Å². The van der Waals surface area contributed by atoms with Crippen molar-refractivity contribution in [1.82, 2.24) is 0 Å². The van der Waals surface area contributed by atoms with Gasteiger partial charge in [0.1, 0.15) is 5.75 Å². The van der Waals surface area contributed by atoms with Crippen LogP contribution in [0.25, 0.3) is 6.08 Å². The Morgan fingerprint density at radius 2 is 1.64 bits per heavy atom. The molecule has 0 aliphatic rings. The summed E-state index contributed by atoms with van der Waals surface area (Å²) in [5.41, 5.74) is 4.05. The first-order chi connectivity index (χ1) is 10.6. The average molecular weight is 294 g/mol. The zero-order valence-corrected chi connectivity index (χ0v) is 14.0. The fourth-order valence-corrected chi connectivity index (χ4v) is 2.48. The van der Waals surface area contributed by atoms with E-state index in [0.717, 1.165) is 12.2 Å². The van der Waals surface area contributed by atoms with Gasteiger partial charge in [0, 0.05) is 0 Å². The summed E-state index contributed by atoms with van der Waals surface area (Å²) in [6.45, 7) is 6.78. The van der Waals surface area contributed by atoms with Crippen molar-refractivity contribution in [2.45, 2.75) is 39.0 Å². The molecule has 2 rings (SSSR count). The van der Waals surface area contributed by atoms with Gasteiger partial charge in [-0.05, 0) is 47.1 Å². The second-order valence-electron chi connectivity index (χ2n) is 6.14. The molecule has 22 heavy (non-hydrogen) atoms. The number of hydrogen-bond donors (Lipinski definition) is 0. The Morgan fingerprint density at radius 1 is 0.955 bits per heavy atom. The zero-order chi connectivity index (χ0) is 15.9. The summed E-state index contributed by atoms with van der Waals surface area (Å²) >= 11 is 0. The minimum Gasteiger partial charge on any atom is -0.497 e. The van der Waals surface area contributed by atoms with E-state index in [1.54, 1.807) is 7.11 Å². The molecule has 116 valence electrons. The lowest BCUT2D eigenvalue weighted by Crippen LogP contribution is -1.95. The van der Waals surface area contributed by atoms with Crippen molar-refractivity contribution in [2.24, 2.45) is 0 Å². The van der Waals surface area contributed by atoms with Crippen LogP contribution in [0.1, 0.15) is 55.7 Å². The third-order valence-electron chi connectivity index (χ3n) is 4.06. The molecule has 0 aliphatic heterocycles. The molecule has 1 unspecified atom stereocenters. The maximum Gasteiger partial charge on any atom is 0.118 e. The molecule has 2 aromatic carbocycles. The van der Waals surface area contributed by atoms with E-state index in [4.69, 9.17) is 4.74 Å². The Hall–Kier alpha value is -2.02. The minimum atomic E-state index is 0.535. The molecular formula is C21H26O. The molecule has 0 fully saturated rings. The van der Waals surface area contributed by atoms with Gasteiger partial charge in [0.15, 0.2) is 0 Å². The highest BCUT2D eigenvalue weighted by Gasteiger charge is 2.06. The summed E-state index contributed by atoms with van der Waals surface area (Å²) in [5.74, 6) is 2.02. The number of rotatable bonds is 6. The third-order valence-corrected chi connectivity index (χ3v) is 4.06. The van der Waals surface area contributed by atoms with Gasteiger partial charge in [0.05, 0.1) is 7.11 Å². The summed E-state index contributed by atoms with van der Waals surface area (Å²) in [4.78, 5) is 0. The van der Waals surface area contributed by atoms with Crippen LogP contribution in [0.3, 0.4) is 0 Å². The van der Waals surface area contributed by atoms with E-state index in [1.165, 1.54) is 16.7 Å². The van der Waals surface area contributed by atoms with Crippen molar-refractivity contribution in [1.29, 1.82) is 0 Å². The number of ether oxygens (including phenoxy) is 1. The van der Waals surface area contributed by atoms with Crippen molar-refractivity contribution in [3.8, 4) is 5.75 Å². The molecule has 0 spiro atoms. The average Bonchev–Trinajstić information content (AvgIpc) is 2.55. The third kappa shape index (κ3) is 4.49. The van der Waals surface area contributed by atoms with Crippen LogP contribution in [0.4, 0.5) is 0 Å². The van der Waals surface area contributed by atoms with Crippen LogP contribution in [0.15, 0.2) is 54.6 Å². The van der Waals surface area contributed by atoms with Crippen LogP contribution < -0.4 is 4.74 Å². The Bertz CT molecular complexity index is 608. The van der Waals surface area contributed by atoms with Crippen molar-refractivity contribution < 1.29 is 4.74 Å².